The molecule has 0 aliphatic heterocycles. The number of rotatable bonds is 4. The normalized spacial score (nSPS) is 11.5. The number of carbonyl (C=O) groups excluding carboxylic acids is 2. The quantitative estimate of drug-likeness (QED) is 0.616. The maximum Gasteiger partial charge on any atom is 0.416 e. The van der Waals surface area contributed by atoms with E-state index in [1.165, 1.54) is 24.3 Å². The van der Waals surface area contributed by atoms with Crippen LogP contribution in [0.25, 0.3) is 10.9 Å². The minimum atomic E-state index is -4.55. The Balaban J connectivity index is 1.82. The van der Waals surface area contributed by atoms with Gasteiger partial charge in [-0.25, -0.2) is 4.79 Å². The molecule has 1 heterocycles. The van der Waals surface area contributed by atoms with Gasteiger partial charge >= 0.3 is 12.1 Å². The molecule has 156 valence electrons. The lowest BCUT2D eigenvalue weighted by Gasteiger charge is -2.10. The van der Waals surface area contributed by atoms with E-state index in [1.54, 1.807) is 13.8 Å². The van der Waals surface area contributed by atoms with Crippen LogP contribution < -0.4 is 10.7 Å². The largest absolute Gasteiger partial charge is 0.459 e. The van der Waals surface area contributed by atoms with E-state index in [0.717, 1.165) is 24.4 Å². The predicted octanol–water partition coefficient (Wildman–Crippen LogP) is 4.36. The van der Waals surface area contributed by atoms with Crippen molar-refractivity contribution in [2.75, 3.05) is 5.32 Å². The smallest absolute Gasteiger partial charge is 0.416 e. The Bertz CT molecular complexity index is 1170. The number of benzene rings is 2. The summed E-state index contributed by atoms with van der Waals surface area (Å²) in [5, 5.41) is 2.48. The first-order valence-electron chi connectivity index (χ1n) is 8.91. The van der Waals surface area contributed by atoms with Crippen LogP contribution in [0, 0.1) is 0 Å². The highest BCUT2D eigenvalue weighted by Crippen LogP contribution is 2.30. The van der Waals surface area contributed by atoms with Crippen LogP contribution in [0.4, 0.5) is 18.9 Å². The molecule has 2 N–H and O–H groups in total. The van der Waals surface area contributed by atoms with Crippen molar-refractivity contribution < 1.29 is 27.5 Å². The summed E-state index contributed by atoms with van der Waals surface area (Å²) in [5.74, 6) is -1.25. The zero-order valence-electron chi connectivity index (χ0n) is 16.0. The Kier molecular flexibility index (Phi) is 5.64. The van der Waals surface area contributed by atoms with E-state index in [9.17, 15) is 27.6 Å². The SMILES string of the molecule is CC(C)OC(=O)c1ccc(NC(=O)c2c[nH]c3cc(C(F)(F)F)ccc3c2=O)cc1. The number of aromatic nitrogens is 1. The van der Waals surface area contributed by atoms with E-state index >= 15 is 0 Å². The highest BCUT2D eigenvalue weighted by Gasteiger charge is 2.30. The maximum absolute atomic E-state index is 12.8. The summed E-state index contributed by atoms with van der Waals surface area (Å²) in [4.78, 5) is 39.4. The average molecular weight is 418 g/mol. The third-order valence-corrected chi connectivity index (χ3v) is 4.17. The maximum atomic E-state index is 12.8. The van der Waals surface area contributed by atoms with Crippen molar-refractivity contribution in [2.24, 2.45) is 0 Å². The van der Waals surface area contributed by atoms with Crippen LogP contribution >= 0.6 is 0 Å². The van der Waals surface area contributed by atoms with Crippen molar-refractivity contribution in [3.63, 3.8) is 0 Å². The number of amides is 1. The molecule has 0 fully saturated rings. The van der Waals surface area contributed by atoms with E-state index in [1.807, 2.05) is 0 Å². The van der Waals surface area contributed by atoms with Crippen molar-refractivity contribution in [3.8, 4) is 0 Å². The van der Waals surface area contributed by atoms with Gasteiger partial charge in [0, 0.05) is 22.8 Å². The minimum absolute atomic E-state index is 0.0283. The zero-order chi connectivity index (χ0) is 22.1. The third-order valence-electron chi connectivity index (χ3n) is 4.17. The summed E-state index contributed by atoms with van der Waals surface area (Å²) in [6.07, 6.45) is -3.76. The van der Waals surface area contributed by atoms with Crippen LogP contribution in [0.3, 0.4) is 0 Å². The number of carbonyl (C=O) groups is 2. The van der Waals surface area contributed by atoms with E-state index in [4.69, 9.17) is 4.74 Å². The fourth-order valence-corrected chi connectivity index (χ4v) is 2.74. The number of pyridine rings is 1. The topological polar surface area (TPSA) is 88.3 Å². The lowest BCUT2D eigenvalue weighted by atomic mass is 10.1. The van der Waals surface area contributed by atoms with Gasteiger partial charge < -0.3 is 15.0 Å². The molecule has 0 radical (unpaired) electrons. The summed E-state index contributed by atoms with van der Waals surface area (Å²) in [7, 11) is 0. The summed E-state index contributed by atoms with van der Waals surface area (Å²) in [6.45, 7) is 3.44. The van der Waals surface area contributed by atoms with Crippen LogP contribution in [0.5, 0.6) is 0 Å². The number of aromatic amines is 1. The van der Waals surface area contributed by atoms with E-state index in [0.29, 0.717) is 11.3 Å². The Labute approximate surface area is 168 Å². The van der Waals surface area contributed by atoms with Gasteiger partial charge in [0.25, 0.3) is 5.91 Å². The van der Waals surface area contributed by atoms with Crippen molar-refractivity contribution in [1.82, 2.24) is 4.98 Å². The van der Waals surface area contributed by atoms with Gasteiger partial charge in [0.2, 0.25) is 5.43 Å². The fraction of sp³-hybridized carbons (Fsp3) is 0.190. The Hall–Kier alpha value is -3.62. The first kappa shape index (κ1) is 21.1. The monoisotopic (exact) mass is 418 g/mol. The van der Waals surface area contributed by atoms with Gasteiger partial charge in [-0.2, -0.15) is 13.2 Å². The zero-order valence-corrected chi connectivity index (χ0v) is 16.0. The molecule has 2 aromatic carbocycles. The van der Waals surface area contributed by atoms with Crippen molar-refractivity contribution in [1.29, 1.82) is 0 Å². The van der Waals surface area contributed by atoms with Crippen LogP contribution in [-0.4, -0.2) is 23.0 Å². The van der Waals surface area contributed by atoms with Gasteiger partial charge in [-0.3, -0.25) is 9.59 Å². The number of hydrogen-bond acceptors (Lipinski definition) is 4. The molecule has 30 heavy (non-hydrogen) atoms. The summed E-state index contributed by atoms with van der Waals surface area (Å²) < 4.78 is 43.5. The second-order valence-corrected chi connectivity index (χ2v) is 6.78. The average Bonchev–Trinajstić information content (AvgIpc) is 2.67. The highest BCUT2D eigenvalue weighted by atomic mass is 19.4. The molecule has 1 aromatic heterocycles. The molecule has 1 amide bonds. The van der Waals surface area contributed by atoms with Crippen LogP contribution in [0.1, 0.15) is 40.1 Å². The third kappa shape index (κ3) is 4.51. The van der Waals surface area contributed by atoms with Gasteiger partial charge in [-0.15, -0.1) is 0 Å². The molecule has 0 bridgehead atoms. The van der Waals surface area contributed by atoms with E-state index in [-0.39, 0.29) is 22.6 Å². The number of fused-ring (bicyclic) bond motifs is 1. The molecule has 0 unspecified atom stereocenters. The first-order chi connectivity index (χ1) is 14.1. The number of ether oxygens (including phenoxy) is 1. The lowest BCUT2D eigenvalue weighted by Crippen LogP contribution is -2.22. The molecule has 0 aliphatic rings. The van der Waals surface area contributed by atoms with Gasteiger partial charge in [0.1, 0.15) is 5.56 Å². The number of anilines is 1. The summed E-state index contributed by atoms with van der Waals surface area (Å²) >= 11 is 0. The molecular formula is C21H17F3N2O4. The molecule has 3 rings (SSSR count). The Morgan fingerprint density at radius 3 is 2.33 bits per heavy atom. The predicted molar refractivity (Wildman–Crippen MR) is 105 cm³/mol. The number of H-pyrrole nitrogens is 1. The van der Waals surface area contributed by atoms with Gasteiger partial charge in [-0.1, -0.05) is 0 Å². The minimum Gasteiger partial charge on any atom is -0.459 e. The van der Waals surface area contributed by atoms with Crippen LogP contribution in [0.2, 0.25) is 0 Å². The molecule has 9 heteroatoms. The number of alkyl halides is 3. The van der Waals surface area contributed by atoms with Crippen molar-refractivity contribution >= 4 is 28.5 Å². The fourth-order valence-electron chi connectivity index (χ4n) is 2.74. The van der Waals surface area contributed by atoms with Gasteiger partial charge in [-0.05, 0) is 56.3 Å². The van der Waals surface area contributed by atoms with Gasteiger partial charge in [0.05, 0.1) is 17.2 Å². The number of esters is 1. The van der Waals surface area contributed by atoms with E-state index in [2.05, 4.69) is 10.3 Å². The van der Waals surface area contributed by atoms with Gasteiger partial charge in [0.15, 0.2) is 0 Å². The lowest BCUT2D eigenvalue weighted by molar-refractivity contribution is -0.137. The second kappa shape index (κ2) is 8.02. The van der Waals surface area contributed by atoms with Crippen molar-refractivity contribution in [3.05, 3.63) is 75.6 Å². The molecular weight excluding hydrogens is 401 g/mol. The van der Waals surface area contributed by atoms with Crippen molar-refractivity contribution in [2.45, 2.75) is 26.1 Å². The van der Waals surface area contributed by atoms with Crippen LogP contribution in [0.15, 0.2) is 53.5 Å². The summed E-state index contributed by atoms with van der Waals surface area (Å²) in [6, 6.07) is 8.50. The molecule has 0 spiro atoms. The molecule has 0 aliphatic carbocycles. The Morgan fingerprint density at radius 1 is 1.07 bits per heavy atom. The standard InChI is InChI=1S/C21H17F3N2O4/c1-11(2)30-20(29)12-3-6-14(7-4-12)26-19(28)16-10-25-17-9-13(21(22,23)24)5-8-15(17)18(16)27/h3-11H,1-2H3,(H,25,27)(H,26,28). The molecule has 3 aromatic rings. The highest BCUT2D eigenvalue weighted by molar-refractivity contribution is 6.05. The number of hydrogen-bond donors (Lipinski definition) is 2. The Morgan fingerprint density at radius 2 is 1.73 bits per heavy atom. The first-order valence-corrected chi connectivity index (χ1v) is 8.91. The molecule has 0 saturated heterocycles. The number of nitrogens with one attached hydrogen (secondary N) is 2. The molecule has 6 nitrogen and oxygen atoms in total. The second-order valence-electron chi connectivity index (χ2n) is 6.78. The number of halogens is 3. The van der Waals surface area contributed by atoms with E-state index < -0.39 is 29.0 Å². The summed E-state index contributed by atoms with van der Waals surface area (Å²) in [5.41, 5.74) is -1.27. The molecule has 0 atom stereocenters. The van der Waals surface area contributed by atoms with Crippen LogP contribution in [-0.2, 0) is 10.9 Å². The molecule has 0 saturated carbocycles.